The number of aromatic nitrogens is 4. The monoisotopic (exact) mass is 506 g/mol. The van der Waals surface area contributed by atoms with Crippen molar-refractivity contribution in [2.24, 2.45) is 11.7 Å². The molecule has 0 spiro atoms. The number of nitrogens with one attached hydrogen (secondary N) is 1. The lowest BCUT2D eigenvalue weighted by Gasteiger charge is -2.20. The molecule has 9 nitrogen and oxygen atoms in total. The second kappa shape index (κ2) is 10.2. The third-order valence-electron chi connectivity index (χ3n) is 6.86. The Morgan fingerprint density at radius 3 is 2.31 bits per heavy atom. The van der Waals surface area contributed by atoms with E-state index in [1.807, 2.05) is 36.4 Å². The van der Waals surface area contributed by atoms with Gasteiger partial charge in [0, 0.05) is 18.9 Å². The third kappa shape index (κ3) is 4.77. The topological polar surface area (TPSA) is 139 Å². The van der Waals surface area contributed by atoms with Crippen LogP contribution in [0.3, 0.4) is 0 Å². The lowest BCUT2D eigenvalue weighted by molar-refractivity contribution is -0.119. The number of primary amides is 1. The number of halogens is 1. The van der Waals surface area contributed by atoms with Gasteiger partial charge in [0.1, 0.15) is 6.10 Å². The maximum absolute atomic E-state index is 11.4. The van der Waals surface area contributed by atoms with E-state index >= 15 is 0 Å². The van der Waals surface area contributed by atoms with Crippen LogP contribution in [0.4, 0.5) is 5.82 Å². The van der Waals surface area contributed by atoms with Crippen LogP contribution in [0.15, 0.2) is 67.0 Å². The first-order valence-corrected chi connectivity index (χ1v) is 12.2. The van der Waals surface area contributed by atoms with Gasteiger partial charge < -0.3 is 25.8 Å². The summed E-state index contributed by atoms with van der Waals surface area (Å²) in [6, 6.07) is 19.9. The van der Waals surface area contributed by atoms with Gasteiger partial charge >= 0.3 is 0 Å². The molecule has 2 aromatic heterocycles. The van der Waals surface area contributed by atoms with Gasteiger partial charge in [-0.25, -0.2) is 4.98 Å². The number of rotatable bonds is 8. The number of hydrogen-bond donors (Lipinski definition) is 4. The van der Waals surface area contributed by atoms with Crippen LogP contribution in [-0.4, -0.2) is 54.4 Å². The van der Waals surface area contributed by atoms with Crippen LogP contribution in [0.2, 0.25) is 5.28 Å². The Labute approximate surface area is 213 Å². The molecule has 2 aromatic carbocycles. The normalized spacial score (nSPS) is 21.8. The first kappa shape index (κ1) is 24.2. The second-order valence-corrected chi connectivity index (χ2v) is 9.47. The zero-order valence-corrected chi connectivity index (χ0v) is 20.2. The summed E-state index contributed by atoms with van der Waals surface area (Å²) in [5, 5.41) is 24.6. The van der Waals surface area contributed by atoms with Gasteiger partial charge in [-0.1, -0.05) is 60.7 Å². The Kier molecular flexibility index (Phi) is 6.86. The Morgan fingerprint density at radius 2 is 1.69 bits per heavy atom. The number of nitrogens with two attached hydrogens (primary N) is 1. The molecule has 1 amide bonds. The summed E-state index contributed by atoms with van der Waals surface area (Å²) in [7, 11) is 0. The highest BCUT2D eigenvalue weighted by Gasteiger charge is 2.43. The molecule has 2 heterocycles. The van der Waals surface area contributed by atoms with Gasteiger partial charge in [-0.15, -0.1) is 0 Å². The largest absolute Gasteiger partial charge is 0.390 e. The highest BCUT2D eigenvalue weighted by molar-refractivity contribution is 6.28. The predicted molar refractivity (Wildman–Crippen MR) is 137 cm³/mol. The fourth-order valence-corrected chi connectivity index (χ4v) is 5.25. The standard InChI is InChI=1S/C26H27ClN6O3/c27-26-31-24(29-13-18(15-7-3-1-4-8-15)16-9-5-2-6-10-16)21-25(32-26)33(14-30-21)19-11-17(12-20(28)34)22(35)23(19)36/h1-10,14,17-19,22-23,35-36H,11-13H2,(H2,28,34)(H,29,31,32)/t17-,19+,22+,23-/m0/s1. The van der Waals surface area contributed by atoms with E-state index in [9.17, 15) is 15.0 Å². The summed E-state index contributed by atoms with van der Waals surface area (Å²) in [6.07, 6.45) is -0.278. The fourth-order valence-electron chi connectivity index (χ4n) is 5.09. The molecule has 1 aliphatic rings. The molecule has 0 bridgehead atoms. The van der Waals surface area contributed by atoms with Crippen LogP contribution in [0.1, 0.15) is 35.9 Å². The molecular formula is C26H27ClN6O3. The summed E-state index contributed by atoms with van der Waals surface area (Å²) in [6.45, 7) is 0.536. The summed E-state index contributed by atoms with van der Waals surface area (Å²) < 4.78 is 1.69. The van der Waals surface area contributed by atoms with Crippen molar-refractivity contribution in [2.45, 2.75) is 37.0 Å². The summed E-state index contributed by atoms with van der Waals surface area (Å²) in [4.78, 5) is 24.6. The molecule has 1 saturated carbocycles. The molecule has 5 rings (SSSR count). The lowest BCUT2D eigenvalue weighted by atomic mass is 9.91. The van der Waals surface area contributed by atoms with E-state index < -0.39 is 30.1 Å². The highest BCUT2D eigenvalue weighted by atomic mass is 35.5. The summed E-state index contributed by atoms with van der Waals surface area (Å²) >= 11 is 6.29. The lowest BCUT2D eigenvalue weighted by Crippen LogP contribution is -2.31. The van der Waals surface area contributed by atoms with Gasteiger partial charge in [0.05, 0.1) is 18.5 Å². The van der Waals surface area contributed by atoms with Crippen molar-refractivity contribution < 1.29 is 15.0 Å². The van der Waals surface area contributed by atoms with Crippen LogP contribution >= 0.6 is 11.6 Å². The molecule has 0 aliphatic heterocycles. The van der Waals surface area contributed by atoms with Crippen LogP contribution < -0.4 is 11.1 Å². The van der Waals surface area contributed by atoms with E-state index in [1.54, 1.807) is 10.9 Å². The van der Waals surface area contributed by atoms with Gasteiger partial charge in [-0.2, -0.15) is 9.97 Å². The van der Waals surface area contributed by atoms with E-state index in [-0.39, 0.29) is 17.6 Å². The smallest absolute Gasteiger partial charge is 0.226 e. The molecule has 0 saturated heterocycles. The highest BCUT2D eigenvalue weighted by Crippen LogP contribution is 2.39. The first-order valence-electron chi connectivity index (χ1n) is 11.8. The van der Waals surface area contributed by atoms with Crippen LogP contribution in [0, 0.1) is 5.92 Å². The van der Waals surface area contributed by atoms with Gasteiger partial charge in [-0.05, 0) is 35.1 Å². The molecule has 1 fully saturated rings. The van der Waals surface area contributed by atoms with Crippen LogP contribution in [-0.2, 0) is 4.79 Å². The molecule has 10 heteroatoms. The molecule has 1 aliphatic carbocycles. The van der Waals surface area contributed by atoms with Gasteiger partial charge in [0.2, 0.25) is 11.2 Å². The van der Waals surface area contributed by atoms with Crippen molar-refractivity contribution in [1.82, 2.24) is 19.5 Å². The molecule has 36 heavy (non-hydrogen) atoms. The van der Waals surface area contributed by atoms with Crippen molar-refractivity contribution in [3.8, 4) is 0 Å². The first-order chi connectivity index (χ1) is 17.4. The maximum Gasteiger partial charge on any atom is 0.226 e. The fraction of sp³-hybridized carbons (Fsp3) is 0.308. The zero-order chi connectivity index (χ0) is 25.2. The number of nitrogens with zero attached hydrogens (tertiary/aromatic N) is 4. The zero-order valence-electron chi connectivity index (χ0n) is 19.4. The molecule has 4 atom stereocenters. The molecule has 5 N–H and O–H groups in total. The maximum atomic E-state index is 11.4. The van der Waals surface area contributed by atoms with Crippen molar-refractivity contribution in [3.05, 3.63) is 83.4 Å². The number of hydrogen-bond acceptors (Lipinski definition) is 7. The van der Waals surface area contributed by atoms with Crippen molar-refractivity contribution in [1.29, 1.82) is 0 Å². The number of benzene rings is 2. The second-order valence-electron chi connectivity index (χ2n) is 9.13. The molecule has 186 valence electrons. The summed E-state index contributed by atoms with van der Waals surface area (Å²) in [5.41, 5.74) is 8.56. The number of imidazole rings is 1. The number of aliphatic hydroxyl groups excluding tert-OH is 2. The number of fused-ring (bicyclic) bond motifs is 1. The SMILES string of the molecule is NC(=O)C[C@@H]1C[C@@H](n2cnc3c(NCC(c4ccccc4)c4ccccc4)nc(Cl)nc32)[C@H](O)[C@@H]1O. The Balaban J connectivity index is 1.45. The number of anilines is 1. The Bertz CT molecular complexity index is 1310. The predicted octanol–water partition coefficient (Wildman–Crippen LogP) is 2.88. The Hall–Kier alpha value is -3.53. The number of aliphatic hydroxyl groups is 2. The molecule has 0 radical (unpaired) electrons. The minimum absolute atomic E-state index is 0.00966. The molecule has 0 unspecified atom stereocenters. The van der Waals surface area contributed by atoms with Gasteiger partial charge in [-0.3, -0.25) is 4.79 Å². The van der Waals surface area contributed by atoms with Gasteiger partial charge in [0.15, 0.2) is 17.0 Å². The third-order valence-corrected chi connectivity index (χ3v) is 7.03. The van der Waals surface area contributed by atoms with E-state index in [1.165, 1.54) is 0 Å². The van der Waals surface area contributed by atoms with Crippen LogP contribution in [0.25, 0.3) is 11.2 Å². The molecular weight excluding hydrogens is 480 g/mol. The van der Waals surface area contributed by atoms with Gasteiger partial charge in [0.25, 0.3) is 0 Å². The van der Waals surface area contributed by atoms with E-state index in [0.29, 0.717) is 29.9 Å². The number of carbonyl (C=O) groups excluding carboxylic acids is 1. The average molecular weight is 507 g/mol. The minimum atomic E-state index is -1.10. The van der Waals surface area contributed by atoms with Crippen molar-refractivity contribution in [2.75, 3.05) is 11.9 Å². The average Bonchev–Trinajstić information content (AvgIpc) is 3.41. The van der Waals surface area contributed by atoms with E-state index in [2.05, 4.69) is 44.5 Å². The number of amides is 1. The van der Waals surface area contributed by atoms with Crippen LogP contribution in [0.5, 0.6) is 0 Å². The van der Waals surface area contributed by atoms with Crippen molar-refractivity contribution in [3.63, 3.8) is 0 Å². The Morgan fingerprint density at radius 1 is 1.06 bits per heavy atom. The minimum Gasteiger partial charge on any atom is -0.390 e. The molecule has 4 aromatic rings. The van der Waals surface area contributed by atoms with E-state index in [0.717, 1.165) is 11.1 Å². The quantitative estimate of drug-likeness (QED) is 0.269. The van der Waals surface area contributed by atoms with Crippen molar-refractivity contribution >= 4 is 34.5 Å². The number of carbonyl (C=O) groups is 1. The summed E-state index contributed by atoms with van der Waals surface area (Å²) in [5.74, 6) is -0.444. The van der Waals surface area contributed by atoms with E-state index in [4.69, 9.17) is 17.3 Å².